The third kappa shape index (κ3) is 2.98. The summed E-state index contributed by atoms with van der Waals surface area (Å²) in [6.45, 7) is 0.390. The van der Waals surface area contributed by atoms with Crippen molar-refractivity contribution in [1.29, 1.82) is 0 Å². The Morgan fingerprint density at radius 3 is 2.61 bits per heavy atom. The van der Waals surface area contributed by atoms with Crippen molar-refractivity contribution in [2.24, 2.45) is 0 Å². The zero-order valence-electron chi connectivity index (χ0n) is 12.8. The van der Waals surface area contributed by atoms with Crippen LogP contribution in [0.15, 0.2) is 36.5 Å². The van der Waals surface area contributed by atoms with E-state index < -0.39 is 6.04 Å². The molecule has 0 saturated heterocycles. The second-order valence-corrected chi connectivity index (χ2v) is 5.16. The van der Waals surface area contributed by atoms with Crippen LogP contribution in [0, 0.1) is 0 Å². The SMILES string of the molecule is COc1cc(NC(=O)C2Cn3cccc3C(=O)N2)cc(OC)c1. The van der Waals surface area contributed by atoms with Gasteiger partial charge < -0.3 is 24.7 Å². The molecule has 1 aromatic carbocycles. The molecule has 2 heterocycles. The van der Waals surface area contributed by atoms with Crippen LogP contribution >= 0.6 is 0 Å². The lowest BCUT2D eigenvalue weighted by molar-refractivity contribution is -0.118. The molecule has 0 spiro atoms. The molecule has 1 unspecified atom stereocenters. The van der Waals surface area contributed by atoms with Crippen LogP contribution < -0.4 is 20.1 Å². The van der Waals surface area contributed by atoms with Crippen LogP contribution in [0.5, 0.6) is 11.5 Å². The van der Waals surface area contributed by atoms with Crippen LogP contribution in [0.4, 0.5) is 5.69 Å². The first kappa shape index (κ1) is 15.0. The highest BCUT2D eigenvalue weighted by Gasteiger charge is 2.28. The van der Waals surface area contributed by atoms with Crippen molar-refractivity contribution in [2.75, 3.05) is 19.5 Å². The minimum absolute atomic E-state index is 0.260. The smallest absolute Gasteiger partial charge is 0.268 e. The monoisotopic (exact) mass is 315 g/mol. The quantitative estimate of drug-likeness (QED) is 0.890. The van der Waals surface area contributed by atoms with E-state index >= 15 is 0 Å². The van der Waals surface area contributed by atoms with Gasteiger partial charge in [-0.15, -0.1) is 0 Å². The van der Waals surface area contributed by atoms with Gasteiger partial charge in [0.25, 0.3) is 5.91 Å². The zero-order valence-corrected chi connectivity index (χ0v) is 12.8. The third-order valence-electron chi connectivity index (χ3n) is 3.68. The molecule has 0 radical (unpaired) electrons. The zero-order chi connectivity index (χ0) is 16.4. The van der Waals surface area contributed by atoms with Gasteiger partial charge in [-0.25, -0.2) is 0 Å². The summed E-state index contributed by atoms with van der Waals surface area (Å²) < 4.78 is 12.1. The summed E-state index contributed by atoms with van der Waals surface area (Å²) in [5.74, 6) is 0.581. The molecule has 0 bridgehead atoms. The van der Waals surface area contributed by atoms with Crippen molar-refractivity contribution in [2.45, 2.75) is 12.6 Å². The van der Waals surface area contributed by atoms with Crippen LogP contribution in [0.25, 0.3) is 0 Å². The number of aromatic nitrogens is 1. The Kier molecular flexibility index (Phi) is 3.92. The minimum atomic E-state index is -0.639. The Hall–Kier alpha value is -2.96. The standard InChI is InChI=1S/C16H17N3O4/c1-22-11-6-10(7-12(8-11)23-2)17-15(20)13-9-19-5-3-4-14(19)16(21)18-13/h3-8,13H,9H2,1-2H3,(H,17,20)(H,18,21). The predicted octanol–water partition coefficient (Wildman–Crippen LogP) is 1.26. The van der Waals surface area contributed by atoms with Crippen molar-refractivity contribution in [3.05, 3.63) is 42.2 Å². The van der Waals surface area contributed by atoms with Crippen LogP contribution in [0.3, 0.4) is 0 Å². The molecule has 1 aliphatic rings. The molecule has 2 N–H and O–H groups in total. The number of ether oxygens (including phenoxy) is 2. The Bertz CT molecular complexity index is 731. The number of carbonyl (C=O) groups excluding carboxylic acids is 2. The summed E-state index contributed by atoms with van der Waals surface area (Å²) in [5, 5.41) is 5.48. The van der Waals surface area contributed by atoms with Crippen molar-refractivity contribution < 1.29 is 19.1 Å². The van der Waals surface area contributed by atoms with Crippen molar-refractivity contribution >= 4 is 17.5 Å². The number of amides is 2. The van der Waals surface area contributed by atoms with Gasteiger partial charge in [0.15, 0.2) is 0 Å². The predicted molar refractivity (Wildman–Crippen MR) is 83.9 cm³/mol. The molecular formula is C16H17N3O4. The van der Waals surface area contributed by atoms with Gasteiger partial charge in [0.2, 0.25) is 5.91 Å². The molecule has 7 heteroatoms. The maximum Gasteiger partial charge on any atom is 0.268 e. The summed E-state index contributed by atoms with van der Waals surface area (Å²) in [6, 6.07) is 7.95. The number of hydrogen-bond acceptors (Lipinski definition) is 4. The van der Waals surface area contributed by atoms with Crippen LogP contribution in [-0.2, 0) is 11.3 Å². The molecule has 1 atom stereocenters. The number of hydrogen-bond donors (Lipinski definition) is 2. The first-order valence-corrected chi connectivity index (χ1v) is 7.10. The van der Waals surface area contributed by atoms with Gasteiger partial charge in [-0.05, 0) is 12.1 Å². The average Bonchev–Trinajstić information content (AvgIpc) is 3.03. The maximum absolute atomic E-state index is 12.4. The number of nitrogens with one attached hydrogen (secondary N) is 2. The number of rotatable bonds is 4. The van der Waals surface area contributed by atoms with Gasteiger partial charge >= 0.3 is 0 Å². The topological polar surface area (TPSA) is 81.6 Å². The fourth-order valence-corrected chi connectivity index (χ4v) is 2.51. The highest BCUT2D eigenvalue weighted by molar-refractivity contribution is 6.01. The Morgan fingerprint density at radius 1 is 1.26 bits per heavy atom. The van der Waals surface area contributed by atoms with E-state index in [0.717, 1.165) is 0 Å². The van der Waals surface area contributed by atoms with Crippen molar-refractivity contribution in [1.82, 2.24) is 9.88 Å². The van der Waals surface area contributed by atoms with Gasteiger partial charge in [-0.1, -0.05) is 0 Å². The third-order valence-corrected chi connectivity index (χ3v) is 3.68. The summed E-state index contributed by atoms with van der Waals surface area (Å²) in [5.41, 5.74) is 1.09. The van der Waals surface area contributed by atoms with Gasteiger partial charge in [-0.3, -0.25) is 9.59 Å². The number of carbonyl (C=O) groups is 2. The van der Waals surface area contributed by atoms with Crippen molar-refractivity contribution in [3.8, 4) is 11.5 Å². The molecule has 0 aliphatic carbocycles. The second-order valence-electron chi connectivity index (χ2n) is 5.16. The number of benzene rings is 1. The highest BCUT2D eigenvalue weighted by atomic mass is 16.5. The average molecular weight is 315 g/mol. The summed E-state index contributed by atoms with van der Waals surface area (Å²) in [6.07, 6.45) is 1.78. The Morgan fingerprint density at radius 2 is 1.96 bits per heavy atom. The van der Waals surface area contributed by atoms with Gasteiger partial charge in [-0.2, -0.15) is 0 Å². The lowest BCUT2D eigenvalue weighted by Crippen LogP contribution is -2.50. The summed E-state index contributed by atoms with van der Waals surface area (Å²) >= 11 is 0. The van der Waals surface area contributed by atoms with Crippen molar-refractivity contribution in [3.63, 3.8) is 0 Å². The summed E-state index contributed by atoms with van der Waals surface area (Å²) in [4.78, 5) is 24.4. The first-order chi connectivity index (χ1) is 11.1. The number of nitrogens with zero attached hydrogens (tertiary/aromatic N) is 1. The van der Waals surface area contributed by atoms with Gasteiger partial charge in [0.05, 0.1) is 20.8 Å². The van der Waals surface area contributed by atoms with E-state index in [0.29, 0.717) is 29.4 Å². The van der Waals surface area contributed by atoms with E-state index in [1.807, 2.05) is 0 Å². The molecule has 3 rings (SSSR count). The number of fused-ring (bicyclic) bond motifs is 1. The molecular weight excluding hydrogens is 298 g/mol. The van der Waals surface area contributed by atoms with E-state index in [-0.39, 0.29) is 11.8 Å². The highest BCUT2D eigenvalue weighted by Crippen LogP contribution is 2.26. The van der Waals surface area contributed by atoms with Crippen LogP contribution in [0.1, 0.15) is 10.5 Å². The minimum Gasteiger partial charge on any atom is -0.497 e. The Labute approximate surface area is 133 Å². The molecule has 23 heavy (non-hydrogen) atoms. The Balaban J connectivity index is 1.76. The molecule has 1 aromatic heterocycles. The second kappa shape index (κ2) is 6.04. The molecule has 2 amide bonds. The van der Waals surface area contributed by atoms with E-state index in [1.54, 1.807) is 41.1 Å². The van der Waals surface area contributed by atoms with E-state index in [9.17, 15) is 9.59 Å². The van der Waals surface area contributed by atoms with Gasteiger partial charge in [0.1, 0.15) is 23.2 Å². The largest absolute Gasteiger partial charge is 0.497 e. The van der Waals surface area contributed by atoms with Crippen LogP contribution in [0.2, 0.25) is 0 Å². The van der Waals surface area contributed by atoms with Crippen LogP contribution in [-0.4, -0.2) is 36.6 Å². The molecule has 1 aliphatic heterocycles. The molecule has 120 valence electrons. The fraction of sp³-hybridized carbons (Fsp3) is 0.250. The molecule has 0 saturated carbocycles. The normalized spacial score (nSPS) is 16.3. The van der Waals surface area contributed by atoms with E-state index in [1.165, 1.54) is 14.2 Å². The first-order valence-electron chi connectivity index (χ1n) is 7.10. The lowest BCUT2D eigenvalue weighted by Gasteiger charge is -2.25. The lowest BCUT2D eigenvalue weighted by atomic mass is 10.2. The molecule has 7 nitrogen and oxygen atoms in total. The van der Waals surface area contributed by atoms with E-state index in [4.69, 9.17) is 9.47 Å². The molecule has 0 fully saturated rings. The van der Waals surface area contributed by atoms with Gasteiger partial charge in [0, 0.05) is 30.1 Å². The van der Waals surface area contributed by atoms with E-state index in [2.05, 4.69) is 10.6 Å². The number of anilines is 1. The molecule has 2 aromatic rings. The fourth-order valence-electron chi connectivity index (χ4n) is 2.51. The maximum atomic E-state index is 12.4. The summed E-state index contributed by atoms with van der Waals surface area (Å²) in [7, 11) is 3.07. The number of methoxy groups -OCH3 is 2.